The van der Waals surface area contributed by atoms with Crippen LogP contribution in [0.1, 0.15) is 12.5 Å². The topological polar surface area (TPSA) is 34.9 Å². The highest BCUT2D eigenvalue weighted by Gasteiger charge is 2.02. The lowest BCUT2D eigenvalue weighted by molar-refractivity contribution is -0.116. The quantitative estimate of drug-likeness (QED) is 0.819. The summed E-state index contributed by atoms with van der Waals surface area (Å²) >= 11 is 5.94. The standard InChI is InChI=1S/C12H11ClN2O/c1-9(16)8-10-2-4-11(5-3-10)15-12(13)6-7-14-15/h2-7H,8H2,1H3. The predicted octanol–water partition coefficient (Wildman–Crippen LogP) is 2.66. The molecule has 3 nitrogen and oxygen atoms in total. The largest absolute Gasteiger partial charge is 0.300 e. The molecular weight excluding hydrogens is 224 g/mol. The Morgan fingerprint density at radius 3 is 2.50 bits per heavy atom. The Morgan fingerprint density at radius 1 is 1.31 bits per heavy atom. The average molecular weight is 235 g/mol. The van der Waals surface area contributed by atoms with Gasteiger partial charge in [-0.15, -0.1) is 0 Å². The number of Topliss-reactive ketones (excluding diaryl/α,β-unsaturated/α-hetero) is 1. The van der Waals surface area contributed by atoms with E-state index in [0.717, 1.165) is 11.3 Å². The van der Waals surface area contributed by atoms with Crippen molar-refractivity contribution in [1.29, 1.82) is 0 Å². The molecule has 0 unspecified atom stereocenters. The van der Waals surface area contributed by atoms with Crippen molar-refractivity contribution in [2.75, 3.05) is 0 Å². The molecule has 2 aromatic rings. The van der Waals surface area contributed by atoms with Gasteiger partial charge in [0.1, 0.15) is 10.9 Å². The molecule has 0 spiro atoms. The van der Waals surface area contributed by atoms with E-state index in [4.69, 9.17) is 11.6 Å². The zero-order chi connectivity index (χ0) is 11.5. The normalized spacial score (nSPS) is 10.4. The molecule has 1 heterocycles. The van der Waals surface area contributed by atoms with Crippen LogP contribution in [0.2, 0.25) is 5.15 Å². The van der Waals surface area contributed by atoms with Crippen LogP contribution >= 0.6 is 11.6 Å². The Kier molecular flexibility index (Phi) is 3.06. The zero-order valence-corrected chi connectivity index (χ0v) is 9.61. The molecule has 2 rings (SSSR count). The van der Waals surface area contributed by atoms with Crippen molar-refractivity contribution in [2.24, 2.45) is 0 Å². The first-order valence-corrected chi connectivity index (χ1v) is 5.33. The number of hydrogen-bond acceptors (Lipinski definition) is 2. The van der Waals surface area contributed by atoms with Crippen LogP contribution in [-0.4, -0.2) is 15.6 Å². The summed E-state index contributed by atoms with van der Waals surface area (Å²) in [4.78, 5) is 10.9. The van der Waals surface area contributed by atoms with E-state index in [-0.39, 0.29) is 5.78 Å². The van der Waals surface area contributed by atoms with Gasteiger partial charge >= 0.3 is 0 Å². The average Bonchev–Trinajstić information content (AvgIpc) is 2.65. The number of aromatic nitrogens is 2. The fourth-order valence-corrected chi connectivity index (χ4v) is 1.72. The first-order valence-electron chi connectivity index (χ1n) is 4.95. The van der Waals surface area contributed by atoms with Gasteiger partial charge in [-0.2, -0.15) is 5.10 Å². The minimum Gasteiger partial charge on any atom is -0.300 e. The van der Waals surface area contributed by atoms with Gasteiger partial charge in [0.05, 0.1) is 11.9 Å². The van der Waals surface area contributed by atoms with Gasteiger partial charge in [0, 0.05) is 6.42 Å². The predicted molar refractivity (Wildman–Crippen MR) is 63.0 cm³/mol. The fourth-order valence-electron chi connectivity index (χ4n) is 1.52. The molecule has 0 aliphatic carbocycles. The fraction of sp³-hybridized carbons (Fsp3) is 0.167. The van der Waals surface area contributed by atoms with Gasteiger partial charge in [-0.25, -0.2) is 4.68 Å². The van der Waals surface area contributed by atoms with Gasteiger partial charge < -0.3 is 0 Å². The van der Waals surface area contributed by atoms with Crippen molar-refractivity contribution in [2.45, 2.75) is 13.3 Å². The molecule has 0 saturated heterocycles. The molecule has 0 saturated carbocycles. The Labute approximate surface area is 98.7 Å². The van der Waals surface area contributed by atoms with Crippen LogP contribution in [0.15, 0.2) is 36.5 Å². The van der Waals surface area contributed by atoms with E-state index in [1.165, 1.54) is 0 Å². The Morgan fingerprint density at radius 2 is 2.00 bits per heavy atom. The number of carbonyl (C=O) groups excluding carboxylic acids is 1. The van der Waals surface area contributed by atoms with Crippen LogP contribution in [0.25, 0.3) is 5.69 Å². The molecule has 1 aromatic carbocycles. The number of carbonyl (C=O) groups is 1. The molecule has 4 heteroatoms. The van der Waals surface area contributed by atoms with Gasteiger partial charge in [-0.1, -0.05) is 23.7 Å². The van der Waals surface area contributed by atoms with E-state index in [0.29, 0.717) is 11.6 Å². The number of rotatable bonds is 3. The number of halogens is 1. The summed E-state index contributed by atoms with van der Waals surface area (Å²) in [5.74, 6) is 0.157. The van der Waals surface area contributed by atoms with E-state index in [1.54, 1.807) is 23.9 Å². The summed E-state index contributed by atoms with van der Waals surface area (Å²) in [6, 6.07) is 9.35. The lowest BCUT2D eigenvalue weighted by Gasteiger charge is -2.04. The van der Waals surface area contributed by atoms with Crippen LogP contribution in [0.3, 0.4) is 0 Å². The van der Waals surface area contributed by atoms with Crippen molar-refractivity contribution in [3.8, 4) is 5.69 Å². The second-order valence-electron chi connectivity index (χ2n) is 3.61. The van der Waals surface area contributed by atoms with Crippen molar-refractivity contribution in [3.63, 3.8) is 0 Å². The third-order valence-electron chi connectivity index (χ3n) is 2.23. The number of ketones is 1. The lowest BCUT2D eigenvalue weighted by Crippen LogP contribution is -1.99. The van der Waals surface area contributed by atoms with Crippen LogP contribution in [0.4, 0.5) is 0 Å². The van der Waals surface area contributed by atoms with Crippen LogP contribution in [0.5, 0.6) is 0 Å². The van der Waals surface area contributed by atoms with Gasteiger partial charge in [-0.3, -0.25) is 4.79 Å². The minimum atomic E-state index is 0.157. The van der Waals surface area contributed by atoms with E-state index < -0.39 is 0 Å². The van der Waals surface area contributed by atoms with Crippen molar-refractivity contribution >= 4 is 17.4 Å². The maximum absolute atomic E-state index is 10.9. The molecule has 0 aliphatic rings. The van der Waals surface area contributed by atoms with Crippen LogP contribution in [-0.2, 0) is 11.2 Å². The maximum atomic E-state index is 10.9. The SMILES string of the molecule is CC(=O)Cc1ccc(-n2nccc2Cl)cc1. The van der Waals surface area contributed by atoms with Gasteiger partial charge in [0.2, 0.25) is 0 Å². The van der Waals surface area contributed by atoms with Gasteiger partial charge in [-0.05, 0) is 30.7 Å². The monoisotopic (exact) mass is 234 g/mol. The summed E-state index contributed by atoms with van der Waals surface area (Å²) < 4.78 is 1.64. The van der Waals surface area contributed by atoms with Gasteiger partial charge in [0.25, 0.3) is 0 Å². The Bertz CT molecular complexity index is 502. The molecule has 0 bridgehead atoms. The smallest absolute Gasteiger partial charge is 0.134 e. The van der Waals surface area contributed by atoms with E-state index in [9.17, 15) is 4.79 Å². The first kappa shape index (κ1) is 10.9. The second kappa shape index (κ2) is 4.49. The Balaban J connectivity index is 2.26. The highest BCUT2D eigenvalue weighted by Crippen LogP contribution is 2.15. The molecule has 0 fully saturated rings. The molecule has 1 aromatic heterocycles. The summed E-state index contributed by atoms with van der Waals surface area (Å²) in [7, 11) is 0. The van der Waals surface area contributed by atoms with Crippen molar-refractivity contribution in [3.05, 3.63) is 47.2 Å². The number of hydrogen-bond donors (Lipinski definition) is 0. The zero-order valence-electron chi connectivity index (χ0n) is 8.85. The van der Waals surface area contributed by atoms with Crippen LogP contribution < -0.4 is 0 Å². The third kappa shape index (κ3) is 2.31. The summed E-state index contributed by atoms with van der Waals surface area (Å²) in [6.07, 6.45) is 2.11. The molecule has 0 radical (unpaired) electrons. The highest BCUT2D eigenvalue weighted by molar-refractivity contribution is 6.29. The molecule has 0 atom stereocenters. The molecule has 0 amide bonds. The van der Waals surface area contributed by atoms with E-state index in [2.05, 4.69) is 5.10 Å². The molecule has 16 heavy (non-hydrogen) atoms. The third-order valence-corrected chi connectivity index (χ3v) is 2.52. The molecule has 0 aliphatic heterocycles. The minimum absolute atomic E-state index is 0.157. The Hall–Kier alpha value is -1.61. The maximum Gasteiger partial charge on any atom is 0.134 e. The van der Waals surface area contributed by atoms with E-state index in [1.807, 2.05) is 24.3 Å². The summed E-state index contributed by atoms with van der Waals surface area (Å²) in [6.45, 7) is 1.58. The number of nitrogens with zero attached hydrogens (tertiary/aromatic N) is 2. The summed E-state index contributed by atoms with van der Waals surface area (Å²) in [5, 5.41) is 4.66. The highest BCUT2D eigenvalue weighted by atomic mass is 35.5. The number of benzene rings is 1. The van der Waals surface area contributed by atoms with Crippen molar-refractivity contribution in [1.82, 2.24) is 9.78 Å². The first-order chi connectivity index (χ1) is 7.66. The lowest BCUT2D eigenvalue weighted by atomic mass is 10.1. The molecular formula is C12H11ClN2O. The second-order valence-corrected chi connectivity index (χ2v) is 4.00. The van der Waals surface area contributed by atoms with Crippen molar-refractivity contribution < 1.29 is 4.79 Å². The summed E-state index contributed by atoms with van der Waals surface area (Å²) in [5.41, 5.74) is 1.89. The van der Waals surface area contributed by atoms with Gasteiger partial charge in [0.15, 0.2) is 0 Å². The molecule has 0 N–H and O–H groups in total. The van der Waals surface area contributed by atoms with Crippen LogP contribution in [0, 0.1) is 0 Å². The molecule has 82 valence electrons. The van der Waals surface area contributed by atoms with E-state index >= 15 is 0 Å².